The lowest BCUT2D eigenvalue weighted by Gasteiger charge is -2.08. The van der Waals surface area contributed by atoms with E-state index in [1.807, 2.05) is 24.3 Å². The average Bonchev–Trinajstić information content (AvgIpc) is 2.87. The Morgan fingerprint density at radius 1 is 0.676 bits per heavy atom. The molecule has 0 aromatic heterocycles. The first-order valence-corrected chi connectivity index (χ1v) is 12.3. The van der Waals surface area contributed by atoms with Crippen LogP contribution in [0.15, 0.2) is 72.8 Å². The number of unbranched alkanes of at least 4 members (excludes halogenated alkanes) is 7. The maximum absolute atomic E-state index is 10.7. The second-order valence-corrected chi connectivity index (χ2v) is 8.48. The Morgan fingerprint density at radius 2 is 1.15 bits per heavy atom. The van der Waals surface area contributed by atoms with Crippen molar-refractivity contribution in [2.75, 3.05) is 6.61 Å². The molecule has 0 unspecified atom stereocenters. The minimum Gasteiger partial charge on any atom is -0.494 e. The van der Waals surface area contributed by atoms with Gasteiger partial charge in [-0.3, -0.25) is 10.1 Å². The molecule has 0 aliphatic heterocycles. The van der Waals surface area contributed by atoms with Gasteiger partial charge in [0.2, 0.25) is 0 Å². The summed E-state index contributed by atoms with van der Waals surface area (Å²) in [5.41, 5.74) is 3.97. The smallest absolute Gasteiger partial charge is 0.269 e. The predicted octanol–water partition coefficient (Wildman–Crippen LogP) is 8.18. The summed E-state index contributed by atoms with van der Waals surface area (Å²) in [5, 5.41) is 10.7. The summed E-state index contributed by atoms with van der Waals surface area (Å²) >= 11 is 0. The molecular formula is C30H33NO3. The van der Waals surface area contributed by atoms with Gasteiger partial charge in [0.25, 0.3) is 5.69 Å². The van der Waals surface area contributed by atoms with Gasteiger partial charge < -0.3 is 4.74 Å². The third-order valence-corrected chi connectivity index (χ3v) is 5.77. The zero-order chi connectivity index (χ0) is 24.0. The zero-order valence-electron chi connectivity index (χ0n) is 20.0. The molecular weight excluding hydrogens is 422 g/mol. The Hall–Kier alpha value is -3.58. The van der Waals surface area contributed by atoms with E-state index in [4.69, 9.17) is 4.74 Å². The number of nitro groups is 1. The zero-order valence-corrected chi connectivity index (χ0v) is 20.0. The van der Waals surface area contributed by atoms with Crippen LogP contribution in [0.5, 0.6) is 5.75 Å². The van der Waals surface area contributed by atoms with Crippen molar-refractivity contribution in [1.82, 2.24) is 0 Å². The molecule has 0 radical (unpaired) electrons. The van der Waals surface area contributed by atoms with E-state index in [1.165, 1.54) is 57.1 Å². The van der Waals surface area contributed by atoms with Crippen LogP contribution < -0.4 is 4.74 Å². The van der Waals surface area contributed by atoms with Crippen molar-refractivity contribution >= 4 is 5.69 Å². The van der Waals surface area contributed by atoms with Gasteiger partial charge >= 0.3 is 0 Å². The van der Waals surface area contributed by atoms with Gasteiger partial charge in [0.1, 0.15) is 5.75 Å². The van der Waals surface area contributed by atoms with E-state index in [-0.39, 0.29) is 5.69 Å². The summed E-state index contributed by atoms with van der Waals surface area (Å²) in [7, 11) is 0. The molecule has 4 nitrogen and oxygen atoms in total. The van der Waals surface area contributed by atoms with E-state index in [9.17, 15) is 10.1 Å². The standard InChI is InChI=1S/C30H33NO3/c1-2-3-4-5-6-7-8-9-24-34-30-22-18-28(19-23-30)27-16-12-25(13-17-27)10-11-26-14-20-29(21-15-26)31(32)33/h12-23H,2-9,24H2,1H3. The van der Waals surface area contributed by atoms with Crippen LogP contribution in [0.1, 0.15) is 69.4 Å². The van der Waals surface area contributed by atoms with E-state index < -0.39 is 4.92 Å². The van der Waals surface area contributed by atoms with Crippen LogP contribution in [-0.4, -0.2) is 11.5 Å². The number of benzene rings is 3. The number of non-ortho nitro benzene ring substituents is 1. The molecule has 0 bridgehead atoms. The van der Waals surface area contributed by atoms with Gasteiger partial charge in [-0.1, -0.05) is 88.0 Å². The lowest BCUT2D eigenvalue weighted by molar-refractivity contribution is -0.384. The Balaban J connectivity index is 1.44. The summed E-state index contributed by atoms with van der Waals surface area (Å²) in [5.74, 6) is 7.07. The lowest BCUT2D eigenvalue weighted by atomic mass is 10.0. The highest BCUT2D eigenvalue weighted by Gasteiger charge is 2.03. The topological polar surface area (TPSA) is 52.4 Å². The highest BCUT2D eigenvalue weighted by Crippen LogP contribution is 2.23. The third-order valence-electron chi connectivity index (χ3n) is 5.77. The summed E-state index contributed by atoms with van der Waals surface area (Å²) in [6.45, 7) is 3.03. The minimum absolute atomic E-state index is 0.0690. The van der Waals surface area contributed by atoms with Crippen molar-refractivity contribution < 1.29 is 9.66 Å². The molecule has 0 saturated heterocycles. The van der Waals surface area contributed by atoms with Crippen LogP contribution in [0.4, 0.5) is 5.69 Å². The summed E-state index contributed by atoms with van der Waals surface area (Å²) in [4.78, 5) is 10.3. The van der Waals surface area contributed by atoms with Crippen LogP contribution in [0.3, 0.4) is 0 Å². The van der Waals surface area contributed by atoms with Crippen molar-refractivity contribution in [1.29, 1.82) is 0 Å². The monoisotopic (exact) mass is 455 g/mol. The molecule has 0 aliphatic carbocycles. The molecule has 0 fully saturated rings. The van der Waals surface area contributed by atoms with Crippen LogP contribution in [0, 0.1) is 22.0 Å². The number of nitrogens with zero attached hydrogens (tertiary/aromatic N) is 1. The van der Waals surface area contributed by atoms with Crippen molar-refractivity contribution in [3.05, 3.63) is 94.0 Å². The molecule has 0 heterocycles. The molecule has 4 heteroatoms. The van der Waals surface area contributed by atoms with Crippen molar-refractivity contribution in [3.63, 3.8) is 0 Å². The van der Waals surface area contributed by atoms with Gasteiger partial charge in [0, 0.05) is 23.3 Å². The molecule has 0 atom stereocenters. The number of hydrogen-bond donors (Lipinski definition) is 0. The highest BCUT2D eigenvalue weighted by atomic mass is 16.6. The van der Waals surface area contributed by atoms with Gasteiger partial charge in [-0.05, 0) is 53.9 Å². The molecule has 0 amide bonds. The SMILES string of the molecule is CCCCCCCCCCOc1ccc(-c2ccc(C#Cc3ccc([N+](=O)[O-])cc3)cc2)cc1. The Morgan fingerprint density at radius 3 is 1.68 bits per heavy atom. The van der Waals surface area contributed by atoms with Gasteiger partial charge in [-0.2, -0.15) is 0 Å². The molecule has 34 heavy (non-hydrogen) atoms. The Kier molecular flexibility index (Phi) is 10.2. The van der Waals surface area contributed by atoms with Gasteiger partial charge in [-0.25, -0.2) is 0 Å². The second-order valence-electron chi connectivity index (χ2n) is 8.48. The van der Waals surface area contributed by atoms with Gasteiger partial charge in [0.05, 0.1) is 11.5 Å². The fourth-order valence-corrected chi connectivity index (χ4v) is 3.73. The predicted molar refractivity (Wildman–Crippen MR) is 139 cm³/mol. The first-order chi connectivity index (χ1) is 16.7. The first-order valence-electron chi connectivity index (χ1n) is 12.3. The van der Waals surface area contributed by atoms with Gasteiger partial charge in [-0.15, -0.1) is 0 Å². The molecule has 3 rings (SSSR count). The lowest BCUT2D eigenvalue weighted by Crippen LogP contribution is -1.97. The van der Waals surface area contributed by atoms with E-state index in [2.05, 4.69) is 43.0 Å². The molecule has 0 N–H and O–H groups in total. The Labute approximate surface area is 203 Å². The largest absolute Gasteiger partial charge is 0.494 e. The van der Waals surface area contributed by atoms with Crippen molar-refractivity contribution in [3.8, 4) is 28.7 Å². The fourth-order valence-electron chi connectivity index (χ4n) is 3.73. The summed E-state index contributed by atoms with van der Waals surface area (Å²) in [6.07, 6.45) is 10.4. The normalized spacial score (nSPS) is 10.4. The molecule has 3 aromatic carbocycles. The minimum atomic E-state index is -0.411. The Bertz CT molecular complexity index is 1080. The molecule has 3 aromatic rings. The number of rotatable bonds is 12. The number of nitro benzene ring substituents is 1. The summed E-state index contributed by atoms with van der Waals surface area (Å²) in [6, 6.07) is 22.6. The third kappa shape index (κ3) is 8.41. The number of ether oxygens (including phenoxy) is 1. The molecule has 0 aliphatic rings. The van der Waals surface area contributed by atoms with E-state index in [0.29, 0.717) is 0 Å². The second kappa shape index (κ2) is 13.9. The van der Waals surface area contributed by atoms with Crippen LogP contribution in [0.25, 0.3) is 11.1 Å². The summed E-state index contributed by atoms with van der Waals surface area (Å²) < 4.78 is 5.90. The number of hydrogen-bond acceptors (Lipinski definition) is 3. The van der Waals surface area contributed by atoms with Crippen LogP contribution in [0.2, 0.25) is 0 Å². The first kappa shape index (κ1) is 25.1. The average molecular weight is 456 g/mol. The molecule has 0 saturated carbocycles. The quantitative estimate of drug-likeness (QED) is 0.120. The van der Waals surface area contributed by atoms with Crippen molar-refractivity contribution in [2.45, 2.75) is 58.3 Å². The van der Waals surface area contributed by atoms with Crippen molar-refractivity contribution in [2.24, 2.45) is 0 Å². The molecule has 0 spiro atoms. The van der Waals surface area contributed by atoms with Gasteiger partial charge in [0.15, 0.2) is 0 Å². The van der Waals surface area contributed by atoms with Crippen LogP contribution in [-0.2, 0) is 0 Å². The maximum atomic E-state index is 10.7. The molecule has 176 valence electrons. The maximum Gasteiger partial charge on any atom is 0.269 e. The van der Waals surface area contributed by atoms with E-state index >= 15 is 0 Å². The van der Waals surface area contributed by atoms with E-state index in [1.54, 1.807) is 12.1 Å². The van der Waals surface area contributed by atoms with Crippen LogP contribution >= 0.6 is 0 Å². The fraction of sp³-hybridized carbons (Fsp3) is 0.333. The van der Waals surface area contributed by atoms with E-state index in [0.717, 1.165) is 41.0 Å². The highest BCUT2D eigenvalue weighted by molar-refractivity contribution is 5.65.